The quantitative estimate of drug-likeness (QED) is 0.655. The second-order valence-electron chi connectivity index (χ2n) is 4.75. The van der Waals surface area contributed by atoms with Crippen molar-refractivity contribution in [3.63, 3.8) is 0 Å². The Morgan fingerprint density at radius 2 is 2.14 bits per heavy atom. The monoisotopic (exact) mass is 301 g/mol. The van der Waals surface area contributed by atoms with Crippen LogP contribution in [0.4, 0.5) is 5.82 Å². The predicted octanol–water partition coefficient (Wildman–Crippen LogP) is 2.52. The van der Waals surface area contributed by atoms with E-state index in [4.69, 9.17) is 22.7 Å². The minimum Gasteiger partial charge on any atom is -0.308 e. The molecule has 0 atom stereocenters. The first-order valence-corrected chi connectivity index (χ1v) is 6.80. The van der Waals surface area contributed by atoms with Gasteiger partial charge in [0.1, 0.15) is 5.82 Å². The van der Waals surface area contributed by atoms with Gasteiger partial charge in [-0.25, -0.2) is 10.8 Å². The Balaban J connectivity index is 2.07. The minimum atomic E-state index is 0.578. The smallest absolute Gasteiger partial charge is 0.140 e. The van der Waals surface area contributed by atoms with E-state index in [0.29, 0.717) is 29.5 Å². The fraction of sp³-hybridized carbons (Fsp3) is 0.200. The normalized spacial score (nSPS) is 10.4. The molecule has 1 aromatic heterocycles. The molecule has 108 valence electrons. The van der Waals surface area contributed by atoms with Crippen molar-refractivity contribution in [3.8, 4) is 6.07 Å². The molecule has 0 unspecified atom stereocenters. The van der Waals surface area contributed by atoms with Crippen LogP contribution in [-0.2, 0) is 13.1 Å². The number of hydrogen-bond donors (Lipinski definition) is 2. The number of nitrogens with one attached hydrogen (secondary N) is 1. The van der Waals surface area contributed by atoms with Crippen molar-refractivity contribution in [2.24, 2.45) is 5.84 Å². The van der Waals surface area contributed by atoms with Gasteiger partial charge in [-0.1, -0.05) is 23.7 Å². The molecule has 2 aromatic rings. The summed E-state index contributed by atoms with van der Waals surface area (Å²) in [6.07, 6.45) is 0. The van der Waals surface area contributed by atoms with Crippen LogP contribution < -0.4 is 11.3 Å². The first-order valence-electron chi connectivity index (χ1n) is 6.42. The maximum absolute atomic E-state index is 8.92. The molecule has 0 bridgehead atoms. The molecule has 0 aliphatic rings. The minimum absolute atomic E-state index is 0.578. The van der Waals surface area contributed by atoms with E-state index in [9.17, 15) is 0 Å². The third-order valence-corrected chi connectivity index (χ3v) is 3.34. The molecule has 1 aromatic carbocycles. The average molecular weight is 302 g/mol. The van der Waals surface area contributed by atoms with Crippen LogP contribution in [0.25, 0.3) is 0 Å². The van der Waals surface area contributed by atoms with Gasteiger partial charge >= 0.3 is 0 Å². The fourth-order valence-corrected chi connectivity index (χ4v) is 2.20. The number of benzene rings is 1. The van der Waals surface area contributed by atoms with E-state index in [-0.39, 0.29) is 0 Å². The van der Waals surface area contributed by atoms with Crippen LogP contribution in [0.2, 0.25) is 5.02 Å². The van der Waals surface area contributed by atoms with Crippen LogP contribution in [0.5, 0.6) is 0 Å². The Labute approximate surface area is 128 Å². The highest BCUT2D eigenvalue weighted by molar-refractivity contribution is 6.31. The van der Waals surface area contributed by atoms with Gasteiger partial charge < -0.3 is 5.43 Å². The molecule has 0 aliphatic carbocycles. The molecule has 3 N–H and O–H groups in total. The van der Waals surface area contributed by atoms with Gasteiger partial charge in [0, 0.05) is 13.1 Å². The second-order valence-corrected chi connectivity index (χ2v) is 5.16. The molecule has 0 spiro atoms. The van der Waals surface area contributed by atoms with E-state index in [1.165, 1.54) is 0 Å². The van der Waals surface area contributed by atoms with Crippen LogP contribution in [-0.4, -0.2) is 16.9 Å². The van der Waals surface area contributed by atoms with Crippen molar-refractivity contribution in [3.05, 3.63) is 58.2 Å². The topological polar surface area (TPSA) is 78.0 Å². The second kappa shape index (κ2) is 7.04. The summed E-state index contributed by atoms with van der Waals surface area (Å²) in [6, 6.07) is 13.2. The number of nitrogen functional groups attached to an aromatic ring is 1. The van der Waals surface area contributed by atoms with E-state index >= 15 is 0 Å². The van der Waals surface area contributed by atoms with Crippen molar-refractivity contribution >= 4 is 17.4 Å². The van der Waals surface area contributed by atoms with Gasteiger partial charge in [0.2, 0.25) is 0 Å². The summed E-state index contributed by atoms with van der Waals surface area (Å²) < 4.78 is 0. The van der Waals surface area contributed by atoms with Crippen molar-refractivity contribution in [1.82, 2.24) is 9.88 Å². The van der Waals surface area contributed by atoms with Gasteiger partial charge in [-0.05, 0) is 36.9 Å². The molecular weight excluding hydrogens is 286 g/mol. The molecule has 2 rings (SSSR count). The van der Waals surface area contributed by atoms with E-state index in [0.717, 1.165) is 11.3 Å². The van der Waals surface area contributed by atoms with E-state index in [2.05, 4.69) is 21.4 Å². The summed E-state index contributed by atoms with van der Waals surface area (Å²) in [5.41, 5.74) is 4.99. The van der Waals surface area contributed by atoms with Gasteiger partial charge in [-0.15, -0.1) is 0 Å². The van der Waals surface area contributed by atoms with Gasteiger partial charge in [0.15, 0.2) is 0 Å². The largest absolute Gasteiger partial charge is 0.308 e. The number of rotatable bonds is 5. The van der Waals surface area contributed by atoms with Crippen molar-refractivity contribution < 1.29 is 0 Å². The van der Waals surface area contributed by atoms with Gasteiger partial charge in [0.05, 0.1) is 22.3 Å². The highest BCUT2D eigenvalue weighted by Crippen LogP contribution is 2.18. The summed E-state index contributed by atoms with van der Waals surface area (Å²) in [5.74, 6) is 5.93. The first-order chi connectivity index (χ1) is 10.1. The van der Waals surface area contributed by atoms with Crippen molar-refractivity contribution in [2.75, 3.05) is 12.5 Å². The van der Waals surface area contributed by atoms with Gasteiger partial charge in [-0.2, -0.15) is 5.26 Å². The third kappa shape index (κ3) is 4.17. The number of hydrazine groups is 1. The standard InChI is InChI=1S/C15H16ClN5/c1-21(9-12-4-2-3-11(7-12)8-17)10-14-13(16)5-6-15(19-14)20-18/h2-7H,9-10,18H2,1H3,(H,19,20). The summed E-state index contributed by atoms with van der Waals surface area (Å²) >= 11 is 6.15. The lowest BCUT2D eigenvalue weighted by Gasteiger charge is -2.17. The molecule has 0 saturated heterocycles. The molecule has 6 heteroatoms. The van der Waals surface area contributed by atoms with E-state index in [1.54, 1.807) is 18.2 Å². The average Bonchev–Trinajstić information content (AvgIpc) is 2.49. The molecule has 0 aliphatic heterocycles. The number of hydrogen-bond acceptors (Lipinski definition) is 5. The van der Waals surface area contributed by atoms with Crippen LogP contribution in [0, 0.1) is 11.3 Å². The molecule has 0 amide bonds. The molecular formula is C15H16ClN5. The zero-order chi connectivity index (χ0) is 15.2. The zero-order valence-electron chi connectivity index (χ0n) is 11.7. The van der Waals surface area contributed by atoms with Gasteiger partial charge in [-0.3, -0.25) is 4.90 Å². The van der Waals surface area contributed by atoms with Crippen molar-refractivity contribution in [2.45, 2.75) is 13.1 Å². The summed E-state index contributed by atoms with van der Waals surface area (Å²) in [4.78, 5) is 6.42. The Hall–Kier alpha value is -2.13. The lowest BCUT2D eigenvalue weighted by molar-refractivity contribution is 0.315. The SMILES string of the molecule is CN(Cc1cccc(C#N)c1)Cc1nc(NN)ccc1Cl. The molecule has 1 heterocycles. The number of nitrogens with zero attached hydrogens (tertiary/aromatic N) is 3. The Morgan fingerprint density at radius 1 is 1.33 bits per heavy atom. The molecule has 5 nitrogen and oxygen atoms in total. The number of halogens is 1. The third-order valence-electron chi connectivity index (χ3n) is 2.99. The molecule has 21 heavy (non-hydrogen) atoms. The highest BCUT2D eigenvalue weighted by atomic mass is 35.5. The van der Waals surface area contributed by atoms with Crippen LogP contribution >= 0.6 is 11.6 Å². The van der Waals surface area contributed by atoms with E-state index in [1.807, 2.05) is 25.2 Å². The molecule has 0 saturated carbocycles. The maximum Gasteiger partial charge on any atom is 0.140 e. The summed E-state index contributed by atoms with van der Waals surface area (Å²) in [5, 5.41) is 9.52. The maximum atomic E-state index is 8.92. The van der Waals surface area contributed by atoms with Crippen LogP contribution in [0.15, 0.2) is 36.4 Å². The number of nitrogens with two attached hydrogens (primary N) is 1. The van der Waals surface area contributed by atoms with E-state index < -0.39 is 0 Å². The van der Waals surface area contributed by atoms with Crippen molar-refractivity contribution in [1.29, 1.82) is 5.26 Å². The zero-order valence-corrected chi connectivity index (χ0v) is 12.4. The molecule has 0 fully saturated rings. The Morgan fingerprint density at radius 3 is 2.86 bits per heavy atom. The number of nitriles is 1. The number of pyridine rings is 1. The summed E-state index contributed by atoms with van der Waals surface area (Å²) in [6.45, 7) is 1.29. The highest BCUT2D eigenvalue weighted by Gasteiger charge is 2.08. The summed E-state index contributed by atoms with van der Waals surface area (Å²) in [7, 11) is 1.97. The Kier molecular flexibility index (Phi) is 5.12. The van der Waals surface area contributed by atoms with Crippen LogP contribution in [0.1, 0.15) is 16.8 Å². The fourth-order valence-electron chi connectivity index (χ4n) is 2.04. The number of aromatic nitrogens is 1. The van der Waals surface area contributed by atoms with Crippen LogP contribution in [0.3, 0.4) is 0 Å². The lowest BCUT2D eigenvalue weighted by Crippen LogP contribution is -2.19. The van der Waals surface area contributed by atoms with Gasteiger partial charge in [0.25, 0.3) is 0 Å². The number of anilines is 1. The lowest BCUT2D eigenvalue weighted by atomic mass is 10.1. The Bertz CT molecular complexity index is 665. The first kappa shape index (κ1) is 15.3. The predicted molar refractivity (Wildman–Crippen MR) is 83.4 cm³/mol. The molecule has 0 radical (unpaired) electrons.